The molecule has 1 heterocycles. The average Bonchev–Trinajstić information content (AvgIpc) is 2.57. The number of hydrogen-bond donors (Lipinski definition) is 2. The van der Waals surface area contributed by atoms with Crippen LogP contribution in [0.3, 0.4) is 0 Å². The van der Waals surface area contributed by atoms with Crippen molar-refractivity contribution in [3.63, 3.8) is 0 Å². The summed E-state index contributed by atoms with van der Waals surface area (Å²) in [6, 6.07) is 5.87. The Balaban J connectivity index is 2.17. The van der Waals surface area contributed by atoms with Crippen molar-refractivity contribution in [1.82, 2.24) is 5.32 Å². The highest BCUT2D eigenvalue weighted by Crippen LogP contribution is 2.31. The number of rotatable bonds is 4. The molecule has 1 amide bonds. The molecule has 1 aromatic carbocycles. The number of amides is 1. The number of ether oxygens (including phenoxy) is 1. The SMILES string of the molecule is CC(CO)NCc1ccc2c(c1)N(C)C(=O)CCO2. The van der Waals surface area contributed by atoms with Crippen molar-refractivity contribution < 1.29 is 14.6 Å². The number of nitrogens with zero attached hydrogens (tertiary/aromatic N) is 1. The van der Waals surface area contributed by atoms with Crippen molar-refractivity contribution in [2.75, 3.05) is 25.2 Å². The molecule has 0 fully saturated rings. The number of aliphatic hydroxyl groups excluding tert-OH is 1. The highest BCUT2D eigenvalue weighted by atomic mass is 16.5. The third kappa shape index (κ3) is 3.24. The summed E-state index contributed by atoms with van der Waals surface area (Å²) in [7, 11) is 1.77. The van der Waals surface area contributed by atoms with E-state index in [4.69, 9.17) is 9.84 Å². The second-order valence-corrected chi connectivity index (χ2v) is 4.82. The highest BCUT2D eigenvalue weighted by molar-refractivity contribution is 5.95. The second-order valence-electron chi connectivity index (χ2n) is 4.82. The molecule has 0 aliphatic carbocycles. The van der Waals surface area contributed by atoms with Crippen molar-refractivity contribution in [3.05, 3.63) is 23.8 Å². The van der Waals surface area contributed by atoms with Crippen molar-refractivity contribution >= 4 is 11.6 Å². The van der Waals surface area contributed by atoms with Gasteiger partial charge in [0.25, 0.3) is 0 Å². The maximum Gasteiger partial charge on any atom is 0.230 e. The van der Waals surface area contributed by atoms with E-state index >= 15 is 0 Å². The fraction of sp³-hybridized carbons (Fsp3) is 0.500. The minimum atomic E-state index is 0.0504. The summed E-state index contributed by atoms with van der Waals surface area (Å²) in [5.74, 6) is 0.805. The van der Waals surface area contributed by atoms with Gasteiger partial charge in [-0.3, -0.25) is 4.79 Å². The zero-order valence-corrected chi connectivity index (χ0v) is 11.3. The first-order valence-electron chi connectivity index (χ1n) is 6.48. The van der Waals surface area contributed by atoms with Crippen molar-refractivity contribution in [2.24, 2.45) is 0 Å². The van der Waals surface area contributed by atoms with E-state index in [1.165, 1.54) is 0 Å². The van der Waals surface area contributed by atoms with Crippen molar-refractivity contribution in [2.45, 2.75) is 25.9 Å². The second kappa shape index (κ2) is 6.04. The van der Waals surface area contributed by atoms with Gasteiger partial charge in [-0.05, 0) is 24.6 Å². The molecule has 5 heteroatoms. The third-order valence-electron chi connectivity index (χ3n) is 3.26. The number of aliphatic hydroxyl groups is 1. The molecule has 2 N–H and O–H groups in total. The van der Waals surface area contributed by atoms with E-state index in [1.54, 1.807) is 11.9 Å². The Labute approximate surface area is 113 Å². The molecule has 19 heavy (non-hydrogen) atoms. The summed E-state index contributed by atoms with van der Waals surface area (Å²) in [5.41, 5.74) is 1.86. The molecule has 104 valence electrons. The van der Waals surface area contributed by atoms with Gasteiger partial charge in [0.1, 0.15) is 5.75 Å². The van der Waals surface area contributed by atoms with E-state index in [1.807, 2.05) is 25.1 Å². The molecule has 0 spiro atoms. The number of hydrogen-bond acceptors (Lipinski definition) is 4. The Bertz CT molecular complexity index is 462. The van der Waals surface area contributed by atoms with Gasteiger partial charge < -0.3 is 20.1 Å². The van der Waals surface area contributed by atoms with Gasteiger partial charge in [0, 0.05) is 19.6 Å². The fourth-order valence-corrected chi connectivity index (χ4v) is 1.96. The molecule has 1 aliphatic rings. The first-order valence-corrected chi connectivity index (χ1v) is 6.48. The van der Waals surface area contributed by atoms with Crippen LogP contribution in [0.1, 0.15) is 18.9 Å². The highest BCUT2D eigenvalue weighted by Gasteiger charge is 2.20. The van der Waals surface area contributed by atoms with Crippen LogP contribution in [-0.4, -0.2) is 37.3 Å². The first kappa shape index (κ1) is 13.8. The quantitative estimate of drug-likeness (QED) is 0.848. The molecule has 0 saturated carbocycles. The van der Waals surface area contributed by atoms with Gasteiger partial charge >= 0.3 is 0 Å². The van der Waals surface area contributed by atoms with Gasteiger partial charge in [-0.1, -0.05) is 6.07 Å². The Morgan fingerprint density at radius 3 is 3.05 bits per heavy atom. The largest absolute Gasteiger partial charge is 0.491 e. The summed E-state index contributed by atoms with van der Waals surface area (Å²) < 4.78 is 5.57. The summed E-state index contributed by atoms with van der Waals surface area (Å²) in [6.07, 6.45) is 0.403. The van der Waals surface area contributed by atoms with Gasteiger partial charge in [0.05, 0.1) is 25.3 Å². The Hall–Kier alpha value is -1.59. The molecule has 1 unspecified atom stereocenters. The first-order chi connectivity index (χ1) is 9.11. The lowest BCUT2D eigenvalue weighted by molar-refractivity contribution is -0.118. The zero-order valence-electron chi connectivity index (χ0n) is 11.3. The normalized spacial score (nSPS) is 16.6. The molecule has 1 aromatic rings. The monoisotopic (exact) mass is 264 g/mol. The molecular formula is C14H20N2O3. The predicted molar refractivity (Wildman–Crippen MR) is 73.4 cm³/mol. The molecular weight excluding hydrogens is 244 g/mol. The van der Waals surface area contributed by atoms with Crippen LogP contribution in [0.5, 0.6) is 5.75 Å². The van der Waals surface area contributed by atoms with E-state index in [2.05, 4.69) is 5.32 Å². The number of nitrogens with one attached hydrogen (secondary N) is 1. The van der Waals surface area contributed by atoms with E-state index in [0.717, 1.165) is 17.0 Å². The van der Waals surface area contributed by atoms with Gasteiger partial charge in [-0.2, -0.15) is 0 Å². The van der Waals surface area contributed by atoms with Gasteiger partial charge in [-0.15, -0.1) is 0 Å². The zero-order chi connectivity index (χ0) is 13.8. The lowest BCUT2D eigenvalue weighted by Gasteiger charge is -2.18. The Kier molecular flexibility index (Phi) is 4.39. The van der Waals surface area contributed by atoms with Gasteiger partial charge in [0.15, 0.2) is 0 Å². The lowest BCUT2D eigenvalue weighted by atomic mass is 10.1. The standard InChI is InChI=1S/C14H20N2O3/c1-10(9-17)15-8-11-3-4-13-12(7-11)16(2)14(18)5-6-19-13/h3-4,7,10,15,17H,5-6,8-9H2,1-2H3. The molecule has 0 saturated heterocycles. The topological polar surface area (TPSA) is 61.8 Å². The maximum atomic E-state index is 11.8. The maximum absolute atomic E-state index is 11.8. The molecule has 0 radical (unpaired) electrons. The van der Waals surface area contributed by atoms with Crippen molar-refractivity contribution in [3.8, 4) is 5.75 Å². The van der Waals surface area contributed by atoms with Crippen LogP contribution in [0.4, 0.5) is 5.69 Å². The van der Waals surface area contributed by atoms with Gasteiger partial charge in [-0.25, -0.2) is 0 Å². The van der Waals surface area contributed by atoms with Crippen LogP contribution in [0.15, 0.2) is 18.2 Å². The van der Waals surface area contributed by atoms with E-state index in [0.29, 0.717) is 19.6 Å². The van der Waals surface area contributed by atoms with Crippen molar-refractivity contribution in [1.29, 1.82) is 0 Å². The average molecular weight is 264 g/mol. The van der Waals surface area contributed by atoms with E-state index in [9.17, 15) is 4.79 Å². The molecule has 2 rings (SSSR count). The Morgan fingerprint density at radius 1 is 1.53 bits per heavy atom. The van der Waals surface area contributed by atoms with Crippen LogP contribution in [0.2, 0.25) is 0 Å². The van der Waals surface area contributed by atoms with E-state index in [-0.39, 0.29) is 18.6 Å². The van der Waals surface area contributed by atoms with E-state index < -0.39 is 0 Å². The van der Waals surface area contributed by atoms with Gasteiger partial charge in [0.2, 0.25) is 5.91 Å². The summed E-state index contributed by atoms with van der Waals surface area (Å²) in [5, 5.41) is 12.2. The molecule has 0 aromatic heterocycles. The van der Waals surface area contributed by atoms with Crippen LogP contribution in [0.25, 0.3) is 0 Å². The number of fused-ring (bicyclic) bond motifs is 1. The predicted octanol–water partition coefficient (Wildman–Crippen LogP) is 0.902. The number of benzene rings is 1. The minimum Gasteiger partial charge on any atom is -0.491 e. The Morgan fingerprint density at radius 2 is 2.32 bits per heavy atom. The molecule has 0 bridgehead atoms. The molecule has 1 atom stereocenters. The smallest absolute Gasteiger partial charge is 0.230 e. The van der Waals surface area contributed by atoms with Crippen LogP contribution in [0, 0.1) is 0 Å². The van der Waals surface area contributed by atoms with Crippen LogP contribution in [-0.2, 0) is 11.3 Å². The van der Waals surface area contributed by atoms with Crippen LogP contribution >= 0.6 is 0 Å². The number of carbonyl (C=O) groups excluding carboxylic acids is 1. The summed E-state index contributed by atoms with van der Waals surface area (Å²) >= 11 is 0. The third-order valence-corrected chi connectivity index (χ3v) is 3.26. The fourth-order valence-electron chi connectivity index (χ4n) is 1.96. The molecule has 1 aliphatic heterocycles. The summed E-state index contributed by atoms with van der Waals surface area (Å²) in [6.45, 7) is 3.10. The minimum absolute atomic E-state index is 0.0504. The molecule has 5 nitrogen and oxygen atoms in total. The number of anilines is 1. The number of carbonyl (C=O) groups is 1. The lowest BCUT2D eigenvalue weighted by Crippen LogP contribution is -2.29. The summed E-state index contributed by atoms with van der Waals surface area (Å²) in [4.78, 5) is 13.4. The van der Waals surface area contributed by atoms with Crippen LogP contribution < -0.4 is 15.0 Å².